The molecule has 6 nitrogen and oxygen atoms in total. The number of hydrogen-bond acceptors (Lipinski definition) is 5. The Morgan fingerprint density at radius 2 is 2.14 bits per heavy atom. The Kier molecular flexibility index (Phi) is 5.43. The molecule has 4 rings (SSSR count). The molecule has 1 fully saturated rings. The highest BCUT2D eigenvalue weighted by Crippen LogP contribution is 2.39. The maximum atomic E-state index is 13.0. The number of likely N-dealkylation sites (tertiary alicyclic amines) is 1. The van der Waals surface area contributed by atoms with Crippen molar-refractivity contribution in [2.45, 2.75) is 24.0 Å². The van der Waals surface area contributed by atoms with Crippen molar-refractivity contribution in [2.75, 3.05) is 26.5 Å². The number of rotatable bonds is 6. The third-order valence-electron chi connectivity index (χ3n) is 5.10. The molecule has 0 N–H and O–H groups in total. The summed E-state index contributed by atoms with van der Waals surface area (Å²) in [4.78, 5) is 19.4. The van der Waals surface area contributed by atoms with E-state index in [0.717, 1.165) is 47.1 Å². The second kappa shape index (κ2) is 8.14. The highest BCUT2D eigenvalue weighted by molar-refractivity contribution is 7.99. The molecule has 2 aromatic heterocycles. The average molecular weight is 398 g/mol. The van der Waals surface area contributed by atoms with E-state index in [9.17, 15) is 4.79 Å². The molecule has 1 saturated heterocycles. The van der Waals surface area contributed by atoms with Crippen LogP contribution in [0.5, 0.6) is 11.5 Å². The lowest BCUT2D eigenvalue weighted by molar-refractivity contribution is -0.129. The minimum atomic E-state index is 0.00942. The molecule has 1 aliphatic heterocycles. The largest absolute Gasteiger partial charge is 0.497 e. The first kappa shape index (κ1) is 18.7. The van der Waals surface area contributed by atoms with Crippen molar-refractivity contribution in [3.8, 4) is 11.5 Å². The third-order valence-corrected chi connectivity index (χ3v) is 6.05. The molecule has 0 bridgehead atoms. The lowest BCUT2D eigenvalue weighted by Gasteiger charge is -2.26. The van der Waals surface area contributed by atoms with E-state index in [4.69, 9.17) is 9.47 Å². The quantitative estimate of drug-likeness (QED) is 0.592. The number of methoxy groups -OCH3 is 2. The molecule has 28 heavy (non-hydrogen) atoms. The van der Waals surface area contributed by atoms with Crippen molar-refractivity contribution in [2.24, 2.45) is 0 Å². The Morgan fingerprint density at radius 1 is 1.25 bits per heavy atom. The smallest absolute Gasteiger partial charge is 0.233 e. The van der Waals surface area contributed by atoms with Crippen molar-refractivity contribution in [1.82, 2.24) is 14.3 Å². The van der Waals surface area contributed by atoms with Gasteiger partial charge in [-0.1, -0.05) is 17.8 Å². The van der Waals surface area contributed by atoms with E-state index in [1.807, 2.05) is 58.1 Å². The second-order valence-electron chi connectivity index (χ2n) is 6.68. The van der Waals surface area contributed by atoms with E-state index in [-0.39, 0.29) is 11.9 Å². The summed E-state index contributed by atoms with van der Waals surface area (Å²) in [5.41, 5.74) is 2.03. The number of fused-ring (bicyclic) bond motifs is 1. The van der Waals surface area contributed by atoms with E-state index < -0.39 is 0 Å². The molecule has 1 aliphatic rings. The summed E-state index contributed by atoms with van der Waals surface area (Å²) in [6.07, 6.45) is 5.70. The van der Waals surface area contributed by atoms with Crippen molar-refractivity contribution < 1.29 is 14.3 Å². The van der Waals surface area contributed by atoms with Gasteiger partial charge < -0.3 is 14.4 Å². The monoisotopic (exact) mass is 397 g/mol. The summed E-state index contributed by atoms with van der Waals surface area (Å²) in [6, 6.07) is 11.7. The number of imidazole rings is 1. The Hall–Kier alpha value is -2.67. The highest BCUT2D eigenvalue weighted by Gasteiger charge is 2.32. The van der Waals surface area contributed by atoms with Crippen LogP contribution in [0.1, 0.15) is 24.4 Å². The number of aromatic nitrogens is 2. The highest BCUT2D eigenvalue weighted by atomic mass is 32.2. The van der Waals surface area contributed by atoms with Gasteiger partial charge in [0.05, 0.1) is 37.7 Å². The maximum absolute atomic E-state index is 13.0. The van der Waals surface area contributed by atoms with Crippen molar-refractivity contribution in [3.05, 3.63) is 54.4 Å². The number of carbonyl (C=O) groups excluding carboxylic acids is 1. The minimum absolute atomic E-state index is 0.00942. The number of pyridine rings is 1. The standard InChI is InChI=1S/C21H23N3O3S/c1-26-16-8-9-19(27-2)17(12-16)18-7-5-11-24(18)20(25)14-28-21-22-13-15-6-3-4-10-23(15)21/h3-4,6,8-10,12-13,18H,5,7,11,14H2,1-2H3/t18-/m1/s1. The summed E-state index contributed by atoms with van der Waals surface area (Å²) in [6.45, 7) is 0.757. The molecule has 0 aliphatic carbocycles. The molecule has 0 radical (unpaired) electrons. The van der Waals surface area contributed by atoms with Crippen LogP contribution in [0.2, 0.25) is 0 Å². The molecule has 7 heteroatoms. The molecule has 1 aromatic carbocycles. The summed E-state index contributed by atoms with van der Waals surface area (Å²) >= 11 is 1.47. The Bertz CT molecular complexity index is 988. The van der Waals surface area contributed by atoms with E-state index in [1.54, 1.807) is 14.2 Å². The Labute approximate surface area is 168 Å². The fourth-order valence-electron chi connectivity index (χ4n) is 3.72. The van der Waals surface area contributed by atoms with Gasteiger partial charge >= 0.3 is 0 Å². The van der Waals surface area contributed by atoms with Crippen LogP contribution in [0.25, 0.3) is 5.52 Å². The molecular formula is C21H23N3O3S. The first-order valence-corrected chi connectivity index (χ1v) is 10.3. The number of amides is 1. The molecule has 1 atom stereocenters. The number of thioether (sulfide) groups is 1. The van der Waals surface area contributed by atoms with Gasteiger partial charge in [-0.15, -0.1) is 0 Å². The zero-order valence-corrected chi connectivity index (χ0v) is 16.8. The predicted molar refractivity (Wildman–Crippen MR) is 109 cm³/mol. The zero-order chi connectivity index (χ0) is 19.5. The van der Waals surface area contributed by atoms with E-state index in [0.29, 0.717) is 5.75 Å². The summed E-state index contributed by atoms with van der Waals surface area (Å²) in [5, 5.41) is 0.832. The molecule has 1 amide bonds. The average Bonchev–Trinajstić information content (AvgIpc) is 3.39. The molecule has 3 heterocycles. The Balaban J connectivity index is 1.51. The van der Waals surface area contributed by atoms with Gasteiger partial charge in [0.2, 0.25) is 5.91 Å². The van der Waals surface area contributed by atoms with Crippen LogP contribution in [0.4, 0.5) is 0 Å². The van der Waals surface area contributed by atoms with E-state index in [1.165, 1.54) is 11.8 Å². The summed E-state index contributed by atoms with van der Waals surface area (Å²) in [7, 11) is 3.31. The fourth-order valence-corrected chi connectivity index (χ4v) is 4.57. The van der Waals surface area contributed by atoms with E-state index in [2.05, 4.69) is 4.98 Å². The molecule has 0 saturated carbocycles. The summed E-state index contributed by atoms with van der Waals surface area (Å²) < 4.78 is 12.9. The van der Waals surface area contributed by atoms with Gasteiger partial charge in [-0.3, -0.25) is 9.20 Å². The molecule has 0 spiro atoms. The van der Waals surface area contributed by atoms with Gasteiger partial charge in [0, 0.05) is 18.3 Å². The number of ether oxygens (including phenoxy) is 2. The molecule has 0 unspecified atom stereocenters. The molecule has 146 valence electrons. The van der Waals surface area contributed by atoms with Crippen LogP contribution < -0.4 is 9.47 Å². The van der Waals surface area contributed by atoms with Gasteiger partial charge in [0.15, 0.2) is 5.16 Å². The first-order valence-electron chi connectivity index (χ1n) is 9.27. The number of hydrogen-bond donors (Lipinski definition) is 0. The van der Waals surface area contributed by atoms with Gasteiger partial charge in [-0.2, -0.15) is 0 Å². The maximum Gasteiger partial charge on any atom is 0.233 e. The normalized spacial score (nSPS) is 16.5. The van der Waals surface area contributed by atoms with E-state index >= 15 is 0 Å². The molecule has 3 aromatic rings. The number of nitrogens with zero attached hydrogens (tertiary/aromatic N) is 3. The number of benzene rings is 1. The van der Waals surface area contributed by atoms with Crippen molar-refractivity contribution in [1.29, 1.82) is 0 Å². The summed E-state index contributed by atoms with van der Waals surface area (Å²) in [5.74, 6) is 2.03. The van der Waals surface area contributed by atoms with Crippen molar-refractivity contribution >= 4 is 23.2 Å². The first-order chi connectivity index (χ1) is 13.7. The van der Waals surface area contributed by atoms with Gasteiger partial charge in [-0.25, -0.2) is 4.98 Å². The van der Waals surface area contributed by atoms with Gasteiger partial charge in [-0.05, 0) is 43.2 Å². The van der Waals surface area contributed by atoms with Crippen LogP contribution in [-0.4, -0.2) is 46.7 Å². The van der Waals surface area contributed by atoms with Crippen LogP contribution >= 0.6 is 11.8 Å². The topological polar surface area (TPSA) is 56.1 Å². The van der Waals surface area contributed by atoms with Crippen LogP contribution in [0, 0.1) is 0 Å². The van der Waals surface area contributed by atoms with Crippen molar-refractivity contribution in [3.63, 3.8) is 0 Å². The molecular weight excluding hydrogens is 374 g/mol. The SMILES string of the molecule is COc1ccc(OC)c([C@H]2CCCN2C(=O)CSc2ncc3ccccn23)c1. The Morgan fingerprint density at radius 3 is 2.96 bits per heavy atom. The second-order valence-corrected chi connectivity index (χ2v) is 7.62. The van der Waals surface area contributed by atoms with Crippen LogP contribution in [-0.2, 0) is 4.79 Å². The van der Waals surface area contributed by atoms with Gasteiger partial charge in [0.1, 0.15) is 11.5 Å². The minimum Gasteiger partial charge on any atom is -0.497 e. The zero-order valence-electron chi connectivity index (χ0n) is 16.0. The van der Waals surface area contributed by atoms with Crippen LogP contribution in [0.3, 0.4) is 0 Å². The number of carbonyl (C=O) groups is 1. The lowest BCUT2D eigenvalue weighted by Crippen LogP contribution is -2.32. The third kappa shape index (κ3) is 3.54. The van der Waals surface area contributed by atoms with Gasteiger partial charge in [0.25, 0.3) is 0 Å². The lowest BCUT2D eigenvalue weighted by atomic mass is 10.0. The fraction of sp³-hybridized carbons (Fsp3) is 0.333. The van der Waals surface area contributed by atoms with Crippen LogP contribution in [0.15, 0.2) is 53.9 Å². The predicted octanol–water partition coefficient (Wildman–Crippen LogP) is 3.81.